The molecule has 6 heteroatoms. The molecule has 1 N–H and O–H groups in total. The molecule has 1 aliphatic rings. The van der Waals surface area contributed by atoms with Gasteiger partial charge in [-0.3, -0.25) is 0 Å². The molecule has 0 aromatic heterocycles. The van der Waals surface area contributed by atoms with E-state index in [1.54, 1.807) is 24.3 Å². The number of nitrogens with zero attached hydrogens (tertiary/aromatic N) is 1. The summed E-state index contributed by atoms with van der Waals surface area (Å²) in [6, 6.07) is 14.1. The Kier molecular flexibility index (Phi) is 3.85. The smallest absolute Gasteiger partial charge is 0.276 e. The Labute approximate surface area is 129 Å². The van der Waals surface area contributed by atoms with Crippen LogP contribution in [0.1, 0.15) is 17.5 Å². The Morgan fingerprint density at radius 2 is 1.82 bits per heavy atom. The molecule has 3 rings (SSSR count). The van der Waals surface area contributed by atoms with Crippen molar-refractivity contribution < 1.29 is 13.2 Å². The van der Waals surface area contributed by atoms with Gasteiger partial charge in [-0.15, -0.1) is 0 Å². The van der Waals surface area contributed by atoms with E-state index in [1.165, 1.54) is 0 Å². The van der Waals surface area contributed by atoms with Crippen LogP contribution in [0, 0.1) is 6.92 Å². The van der Waals surface area contributed by atoms with Crippen molar-refractivity contribution in [2.24, 2.45) is 5.10 Å². The van der Waals surface area contributed by atoms with Gasteiger partial charge in [0.2, 0.25) is 0 Å². The number of para-hydroxylation sites is 1. The van der Waals surface area contributed by atoms with Gasteiger partial charge in [0.15, 0.2) is 0 Å². The first kappa shape index (κ1) is 14.6. The molecule has 114 valence electrons. The van der Waals surface area contributed by atoms with E-state index >= 15 is 0 Å². The highest BCUT2D eigenvalue weighted by Crippen LogP contribution is 2.24. The molecular formula is C16H16N2O3S. The fourth-order valence-electron chi connectivity index (χ4n) is 2.22. The van der Waals surface area contributed by atoms with Crippen molar-refractivity contribution >= 4 is 15.7 Å². The van der Waals surface area contributed by atoms with E-state index in [2.05, 4.69) is 9.93 Å². The zero-order valence-corrected chi connectivity index (χ0v) is 12.9. The van der Waals surface area contributed by atoms with Crippen LogP contribution in [0.2, 0.25) is 0 Å². The lowest BCUT2D eigenvalue weighted by molar-refractivity contribution is 0.320. The maximum Gasteiger partial charge on any atom is 0.276 e. The van der Waals surface area contributed by atoms with Gasteiger partial charge in [0, 0.05) is 12.0 Å². The Balaban J connectivity index is 1.87. The topological polar surface area (TPSA) is 67.8 Å². The van der Waals surface area contributed by atoms with Crippen molar-refractivity contribution in [2.45, 2.75) is 18.2 Å². The second-order valence-corrected chi connectivity index (χ2v) is 6.72. The molecule has 1 aliphatic heterocycles. The van der Waals surface area contributed by atoms with Crippen molar-refractivity contribution in [1.82, 2.24) is 4.83 Å². The second-order valence-electron chi connectivity index (χ2n) is 5.06. The quantitative estimate of drug-likeness (QED) is 0.885. The molecule has 1 heterocycles. The second kappa shape index (κ2) is 5.81. The van der Waals surface area contributed by atoms with E-state index in [4.69, 9.17) is 4.74 Å². The van der Waals surface area contributed by atoms with Crippen LogP contribution in [0.3, 0.4) is 0 Å². The summed E-state index contributed by atoms with van der Waals surface area (Å²) in [5.74, 6) is 0.724. The molecule has 0 aliphatic carbocycles. The SMILES string of the molecule is Cc1ccc(S(=O)(=O)N/N=C2\CCOc3ccccc32)cc1. The van der Waals surface area contributed by atoms with Gasteiger partial charge in [-0.25, -0.2) is 0 Å². The summed E-state index contributed by atoms with van der Waals surface area (Å²) in [4.78, 5) is 2.51. The first-order valence-corrected chi connectivity index (χ1v) is 8.42. The van der Waals surface area contributed by atoms with Crippen molar-refractivity contribution in [3.05, 3.63) is 59.7 Å². The lowest BCUT2D eigenvalue weighted by atomic mass is 10.0. The van der Waals surface area contributed by atoms with Gasteiger partial charge in [0.05, 0.1) is 17.2 Å². The number of hydrazone groups is 1. The van der Waals surface area contributed by atoms with E-state index in [9.17, 15) is 8.42 Å². The van der Waals surface area contributed by atoms with Crippen LogP contribution >= 0.6 is 0 Å². The molecule has 0 atom stereocenters. The molecule has 22 heavy (non-hydrogen) atoms. The number of sulfonamides is 1. The number of hydrogen-bond donors (Lipinski definition) is 1. The zero-order chi connectivity index (χ0) is 15.6. The fourth-order valence-corrected chi connectivity index (χ4v) is 3.05. The largest absolute Gasteiger partial charge is 0.492 e. The summed E-state index contributed by atoms with van der Waals surface area (Å²) in [5.41, 5.74) is 2.50. The summed E-state index contributed by atoms with van der Waals surface area (Å²) in [6.07, 6.45) is 0.563. The van der Waals surface area contributed by atoms with Gasteiger partial charge >= 0.3 is 0 Å². The number of fused-ring (bicyclic) bond motifs is 1. The van der Waals surface area contributed by atoms with Crippen molar-refractivity contribution in [3.8, 4) is 5.75 Å². The molecule has 0 radical (unpaired) electrons. The third kappa shape index (κ3) is 2.96. The Morgan fingerprint density at radius 3 is 2.59 bits per heavy atom. The number of nitrogens with one attached hydrogen (secondary N) is 1. The first-order valence-electron chi connectivity index (χ1n) is 6.93. The third-order valence-electron chi connectivity index (χ3n) is 3.43. The fraction of sp³-hybridized carbons (Fsp3) is 0.188. The van der Waals surface area contributed by atoms with Gasteiger partial charge in [-0.2, -0.15) is 18.4 Å². The summed E-state index contributed by atoms with van der Waals surface area (Å²) in [6.45, 7) is 2.39. The maximum absolute atomic E-state index is 12.2. The number of ether oxygens (including phenoxy) is 1. The minimum Gasteiger partial charge on any atom is -0.492 e. The molecule has 0 fully saturated rings. The van der Waals surface area contributed by atoms with E-state index in [0.29, 0.717) is 18.7 Å². The van der Waals surface area contributed by atoms with Crippen LogP contribution < -0.4 is 9.57 Å². The molecular weight excluding hydrogens is 300 g/mol. The molecule has 0 unspecified atom stereocenters. The molecule has 0 saturated heterocycles. The summed E-state index contributed by atoms with van der Waals surface area (Å²) >= 11 is 0. The third-order valence-corrected chi connectivity index (χ3v) is 4.65. The summed E-state index contributed by atoms with van der Waals surface area (Å²) in [7, 11) is -3.66. The van der Waals surface area contributed by atoms with Crippen LogP contribution in [0.15, 0.2) is 58.5 Å². The van der Waals surface area contributed by atoms with Gasteiger partial charge < -0.3 is 4.74 Å². The van der Waals surface area contributed by atoms with Crippen LogP contribution in [-0.2, 0) is 10.0 Å². The van der Waals surface area contributed by atoms with Crippen molar-refractivity contribution in [1.29, 1.82) is 0 Å². The van der Waals surface area contributed by atoms with Crippen molar-refractivity contribution in [3.63, 3.8) is 0 Å². The van der Waals surface area contributed by atoms with Crippen molar-refractivity contribution in [2.75, 3.05) is 6.61 Å². The molecule has 2 aromatic rings. The van der Waals surface area contributed by atoms with Crippen LogP contribution in [0.25, 0.3) is 0 Å². The lowest BCUT2D eigenvalue weighted by Crippen LogP contribution is -2.23. The molecule has 5 nitrogen and oxygen atoms in total. The van der Waals surface area contributed by atoms with E-state index in [1.807, 2.05) is 31.2 Å². The standard InChI is InChI=1S/C16H16N2O3S/c1-12-6-8-13(9-7-12)22(19,20)18-17-15-10-11-21-16-5-3-2-4-14(15)16/h2-9,18H,10-11H2,1H3/b17-15+. The highest BCUT2D eigenvalue weighted by molar-refractivity contribution is 7.89. The predicted octanol–water partition coefficient (Wildman–Crippen LogP) is 2.46. The van der Waals surface area contributed by atoms with Gasteiger partial charge in [-0.05, 0) is 31.2 Å². The highest BCUT2D eigenvalue weighted by Gasteiger charge is 2.18. The summed E-state index contributed by atoms with van der Waals surface area (Å²) < 4.78 is 30.0. The van der Waals surface area contributed by atoms with Crippen LogP contribution in [-0.4, -0.2) is 20.7 Å². The van der Waals surface area contributed by atoms with E-state index < -0.39 is 10.0 Å². The van der Waals surface area contributed by atoms with Crippen LogP contribution in [0.4, 0.5) is 0 Å². The Morgan fingerprint density at radius 1 is 1.09 bits per heavy atom. The average molecular weight is 316 g/mol. The number of rotatable bonds is 3. The Hall–Kier alpha value is -2.34. The molecule has 0 bridgehead atoms. The molecule has 0 spiro atoms. The molecule has 0 amide bonds. The molecule has 0 saturated carbocycles. The van der Waals surface area contributed by atoms with E-state index in [-0.39, 0.29) is 4.90 Å². The summed E-state index contributed by atoms with van der Waals surface area (Å²) in [5, 5.41) is 4.09. The Bertz CT molecular complexity index is 812. The van der Waals surface area contributed by atoms with Gasteiger partial charge in [0.25, 0.3) is 10.0 Å². The minimum absolute atomic E-state index is 0.197. The zero-order valence-electron chi connectivity index (χ0n) is 12.1. The maximum atomic E-state index is 12.2. The number of benzene rings is 2. The van der Waals surface area contributed by atoms with Gasteiger partial charge in [0.1, 0.15) is 5.75 Å². The number of aryl methyl sites for hydroxylation is 1. The minimum atomic E-state index is -3.66. The predicted molar refractivity (Wildman–Crippen MR) is 84.6 cm³/mol. The number of hydrogen-bond acceptors (Lipinski definition) is 4. The van der Waals surface area contributed by atoms with Crippen LogP contribution in [0.5, 0.6) is 5.75 Å². The highest BCUT2D eigenvalue weighted by atomic mass is 32.2. The van der Waals surface area contributed by atoms with E-state index in [0.717, 1.165) is 16.9 Å². The lowest BCUT2D eigenvalue weighted by Gasteiger charge is -2.18. The van der Waals surface area contributed by atoms with Gasteiger partial charge in [-0.1, -0.05) is 29.8 Å². The monoisotopic (exact) mass is 316 g/mol. The first-order chi connectivity index (χ1) is 10.6. The normalized spacial score (nSPS) is 16.0. The molecule has 2 aromatic carbocycles. The average Bonchev–Trinajstić information content (AvgIpc) is 2.53.